The number of hydrogen-bond acceptors (Lipinski definition) is 3. The van der Waals surface area contributed by atoms with Crippen LogP contribution in [0.15, 0.2) is 0 Å². The summed E-state index contributed by atoms with van der Waals surface area (Å²) in [5.41, 5.74) is 0. The van der Waals surface area contributed by atoms with E-state index >= 15 is 0 Å². The predicted octanol–water partition coefficient (Wildman–Crippen LogP) is 2.66. The SMILES string of the molecule is CCC1CC(N2CCCCC2CCC(=O)O)CCO1. The molecule has 0 spiro atoms. The van der Waals surface area contributed by atoms with Crippen molar-refractivity contribution in [3.63, 3.8) is 0 Å². The molecule has 0 radical (unpaired) electrons. The van der Waals surface area contributed by atoms with Gasteiger partial charge in [0.05, 0.1) is 6.10 Å². The number of nitrogens with zero attached hydrogens (tertiary/aromatic N) is 1. The Morgan fingerprint density at radius 1 is 1.37 bits per heavy atom. The molecule has 4 nitrogen and oxygen atoms in total. The lowest BCUT2D eigenvalue weighted by Gasteiger charge is -2.44. The minimum absolute atomic E-state index is 0.307. The average molecular weight is 269 g/mol. The van der Waals surface area contributed by atoms with Crippen molar-refractivity contribution in [1.29, 1.82) is 0 Å². The summed E-state index contributed by atoms with van der Waals surface area (Å²) in [5.74, 6) is -0.663. The Morgan fingerprint density at radius 2 is 2.21 bits per heavy atom. The van der Waals surface area contributed by atoms with Crippen LogP contribution >= 0.6 is 0 Å². The molecule has 1 N–H and O–H groups in total. The van der Waals surface area contributed by atoms with Crippen LogP contribution in [0, 0.1) is 0 Å². The van der Waals surface area contributed by atoms with Crippen molar-refractivity contribution < 1.29 is 14.6 Å². The van der Waals surface area contributed by atoms with E-state index in [2.05, 4.69) is 11.8 Å². The van der Waals surface area contributed by atoms with E-state index in [-0.39, 0.29) is 0 Å². The summed E-state index contributed by atoms with van der Waals surface area (Å²) in [5, 5.41) is 8.88. The summed E-state index contributed by atoms with van der Waals surface area (Å²) in [4.78, 5) is 13.4. The topological polar surface area (TPSA) is 49.8 Å². The Morgan fingerprint density at radius 3 is 2.95 bits per heavy atom. The molecule has 2 saturated heterocycles. The quantitative estimate of drug-likeness (QED) is 0.833. The Hall–Kier alpha value is -0.610. The van der Waals surface area contributed by atoms with E-state index in [1.807, 2.05) is 0 Å². The van der Waals surface area contributed by atoms with E-state index < -0.39 is 5.97 Å². The molecule has 0 amide bonds. The van der Waals surface area contributed by atoms with Gasteiger partial charge in [-0.2, -0.15) is 0 Å². The van der Waals surface area contributed by atoms with Crippen molar-refractivity contribution in [3.8, 4) is 0 Å². The Balaban J connectivity index is 1.92. The van der Waals surface area contributed by atoms with Crippen LogP contribution in [-0.4, -0.2) is 47.3 Å². The zero-order valence-corrected chi connectivity index (χ0v) is 12.0. The van der Waals surface area contributed by atoms with E-state index in [1.54, 1.807) is 0 Å². The van der Waals surface area contributed by atoms with Gasteiger partial charge in [0.25, 0.3) is 0 Å². The summed E-state index contributed by atoms with van der Waals surface area (Å²) in [6, 6.07) is 1.09. The monoisotopic (exact) mass is 269 g/mol. The zero-order chi connectivity index (χ0) is 13.7. The van der Waals surface area contributed by atoms with Gasteiger partial charge in [-0.3, -0.25) is 9.69 Å². The first-order valence-electron chi connectivity index (χ1n) is 7.79. The summed E-state index contributed by atoms with van der Waals surface area (Å²) in [6.45, 7) is 4.20. The molecule has 2 aliphatic rings. The van der Waals surface area contributed by atoms with Crippen LogP contribution in [0.4, 0.5) is 0 Å². The van der Waals surface area contributed by atoms with Crippen molar-refractivity contribution in [1.82, 2.24) is 4.90 Å². The third kappa shape index (κ3) is 4.18. The minimum Gasteiger partial charge on any atom is -0.481 e. The molecule has 19 heavy (non-hydrogen) atoms. The molecule has 2 heterocycles. The lowest BCUT2D eigenvalue weighted by Crippen LogP contribution is -2.49. The maximum absolute atomic E-state index is 10.8. The van der Waals surface area contributed by atoms with Gasteiger partial charge in [0.15, 0.2) is 0 Å². The van der Waals surface area contributed by atoms with Crippen LogP contribution in [0.1, 0.15) is 58.3 Å². The first kappa shape index (κ1) is 14.8. The normalized spacial score (nSPS) is 33.2. The Bertz CT molecular complexity index is 295. The summed E-state index contributed by atoms with van der Waals surface area (Å²) in [6.07, 6.45) is 8.52. The van der Waals surface area contributed by atoms with E-state index in [0.29, 0.717) is 24.6 Å². The maximum Gasteiger partial charge on any atom is 0.303 e. The lowest BCUT2D eigenvalue weighted by atomic mass is 9.91. The van der Waals surface area contributed by atoms with Gasteiger partial charge in [-0.15, -0.1) is 0 Å². The summed E-state index contributed by atoms with van der Waals surface area (Å²) >= 11 is 0. The highest BCUT2D eigenvalue weighted by atomic mass is 16.5. The maximum atomic E-state index is 10.8. The van der Waals surface area contributed by atoms with Gasteiger partial charge in [0.2, 0.25) is 0 Å². The molecule has 0 aromatic carbocycles. The van der Waals surface area contributed by atoms with Gasteiger partial charge in [-0.1, -0.05) is 13.3 Å². The summed E-state index contributed by atoms with van der Waals surface area (Å²) in [7, 11) is 0. The van der Waals surface area contributed by atoms with Crippen LogP contribution in [-0.2, 0) is 9.53 Å². The fourth-order valence-corrected chi connectivity index (χ4v) is 3.55. The molecule has 2 aliphatic heterocycles. The largest absolute Gasteiger partial charge is 0.481 e. The zero-order valence-electron chi connectivity index (χ0n) is 12.0. The molecular weight excluding hydrogens is 242 g/mol. The molecule has 0 aromatic rings. The highest BCUT2D eigenvalue weighted by molar-refractivity contribution is 5.66. The van der Waals surface area contributed by atoms with E-state index in [4.69, 9.17) is 9.84 Å². The number of aliphatic carboxylic acids is 1. The number of likely N-dealkylation sites (tertiary alicyclic amines) is 1. The van der Waals surface area contributed by atoms with Crippen molar-refractivity contribution in [2.45, 2.75) is 76.5 Å². The number of carboxylic acid groups (broad SMARTS) is 1. The molecule has 3 unspecified atom stereocenters. The third-order valence-corrected chi connectivity index (χ3v) is 4.63. The second-order valence-corrected chi connectivity index (χ2v) is 5.90. The average Bonchev–Trinajstić information content (AvgIpc) is 2.45. The molecule has 3 atom stereocenters. The van der Waals surface area contributed by atoms with Crippen molar-refractivity contribution in [2.75, 3.05) is 13.2 Å². The highest BCUT2D eigenvalue weighted by Crippen LogP contribution is 2.29. The van der Waals surface area contributed by atoms with Crippen LogP contribution in [0.25, 0.3) is 0 Å². The van der Waals surface area contributed by atoms with Crippen molar-refractivity contribution >= 4 is 5.97 Å². The van der Waals surface area contributed by atoms with Gasteiger partial charge < -0.3 is 9.84 Å². The molecule has 0 saturated carbocycles. The molecular formula is C15H27NO3. The fraction of sp³-hybridized carbons (Fsp3) is 0.933. The Kier molecular flexibility index (Phi) is 5.64. The first-order chi connectivity index (χ1) is 9.20. The summed E-state index contributed by atoms with van der Waals surface area (Å²) < 4.78 is 5.76. The second-order valence-electron chi connectivity index (χ2n) is 5.90. The van der Waals surface area contributed by atoms with Crippen LogP contribution in [0.2, 0.25) is 0 Å². The van der Waals surface area contributed by atoms with Gasteiger partial charge >= 0.3 is 5.97 Å². The fourth-order valence-electron chi connectivity index (χ4n) is 3.55. The minimum atomic E-state index is -0.663. The number of piperidine rings is 1. The number of ether oxygens (including phenoxy) is 1. The van der Waals surface area contributed by atoms with Gasteiger partial charge in [0.1, 0.15) is 0 Å². The molecule has 2 rings (SSSR count). The Labute approximate surface area is 116 Å². The molecule has 4 heteroatoms. The molecule has 0 aromatic heterocycles. The third-order valence-electron chi connectivity index (χ3n) is 4.63. The smallest absolute Gasteiger partial charge is 0.303 e. The van der Waals surface area contributed by atoms with Crippen LogP contribution in [0.3, 0.4) is 0 Å². The second kappa shape index (κ2) is 7.25. The first-order valence-corrected chi connectivity index (χ1v) is 7.79. The van der Waals surface area contributed by atoms with Crippen molar-refractivity contribution in [3.05, 3.63) is 0 Å². The molecule has 0 aliphatic carbocycles. The number of carbonyl (C=O) groups is 1. The van der Waals surface area contributed by atoms with E-state index in [1.165, 1.54) is 19.3 Å². The van der Waals surface area contributed by atoms with Gasteiger partial charge in [-0.05, 0) is 45.1 Å². The predicted molar refractivity (Wildman–Crippen MR) is 74.3 cm³/mol. The lowest BCUT2D eigenvalue weighted by molar-refractivity contribution is -0.137. The number of rotatable bonds is 5. The van der Waals surface area contributed by atoms with Crippen LogP contribution < -0.4 is 0 Å². The van der Waals surface area contributed by atoms with E-state index in [9.17, 15) is 4.79 Å². The van der Waals surface area contributed by atoms with Crippen molar-refractivity contribution in [2.24, 2.45) is 0 Å². The molecule has 110 valence electrons. The van der Waals surface area contributed by atoms with Gasteiger partial charge in [-0.25, -0.2) is 0 Å². The standard InChI is InChI=1S/C15H27NO3/c1-2-14-11-13(8-10-19-14)16-9-4-3-5-12(16)6-7-15(17)18/h12-14H,2-11H2,1H3,(H,17,18). The van der Waals surface area contributed by atoms with Gasteiger partial charge in [0, 0.05) is 25.1 Å². The molecule has 0 bridgehead atoms. The number of hydrogen-bond donors (Lipinski definition) is 1. The van der Waals surface area contributed by atoms with Crippen LogP contribution in [0.5, 0.6) is 0 Å². The number of carboxylic acids is 1. The molecule has 2 fully saturated rings. The van der Waals surface area contributed by atoms with E-state index in [0.717, 1.165) is 38.8 Å². The highest BCUT2D eigenvalue weighted by Gasteiger charge is 2.32.